The Morgan fingerprint density at radius 1 is 1.88 bits per heavy atom. The van der Waals surface area contributed by atoms with Crippen LogP contribution in [-0.4, -0.2) is 18.6 Å². The molecule has 0 saturated heterocycles. The highest BCUT2D eigenvalue weighted by molar-refractivity contribution is 5.08. The van der Waals surface area contributed by atoms with Crippen LogP contribution in [0.5, 0.6) is 0 Å². The van der Waals surface area contributed by atoms with Crippen molar-refractivity contribution in [3.63, 3.8) is 0 Å². The SMILES string of the molecule is C#[N+]C1CC1NCC. The van der Waals surface area contributed by atoms with E-state index in [2.05, 4.69) is 17.1 Å². The lowest BCUT2D eigenvalue weighted by Gasteiger charge is -1.88. The molecule has 1 aliphatic rings. The molecule has 2 heteroatoms. The Kier molecular flexibility index (Phi) is 1.50. The highest BCUT2D eigenvalue weighted by atomic mass is 15.0. The van der Waals surface area contributed by atoms with Crippen molar-refractivity contribution in [2.24, 2.45) is 0 Å². The highest BCUT2D eigenvalue weighted by Gasteiger charge is 2.46. The molecule has 2 nitrogen and oxygen atoms in total. The molecule has 0 radical (unpaired) electrons. The van der Waals surface area contributed by atoms with Gasteiger partial charge in [-0.15, -0.1) is 0 Å². The van der Waals surface area contributed by atoms with Gasteiger partial charge in [-0.1, -0.05) is 11.8 Å². The van der Waals surface area contributed by atoms with E-state index in [1.165, 1.54) is 0 Å². The Bertz CT molecular complexity index is 114. The normalized spacial score (nSPS) is 34.0. The maximum atomic E-state index is 5.04. The number of hydrogen-bond acceptors (Lipinski definition) is 1. The van der Waals surface area contributed by atoms with E-state index in [1.54, 1.807) is 0 Å². The minimum absolute atomic E-state index is 0.412. The van der Waals surface area contributed by atoms with Gasteiger partial charge in [-0.3, -0.25) is 0 Å². The third-order valence-electron chi connectivity index (χ3n) is 1.41. The third-order valence-corrected chi connectivity index (χ3v) is 1.41. The van der Waals surface area contributed by atoms with Crippen LogP contribution in [0, 0.1) is 6.57 Å². The first-order chi connectivity index (χ1) is 3.88. The number of nitrogens with one attached hydrogen (secondary N) is 1. The molecule has 2 unspecified atom stereocenters. The minimum atomic E-state index is 0.412. The predicted octanol–water partition coefficient (Wildman–Crippen LogP) is 0.700. The maximum Gasteiger partial charge on any atom is 0.289 e. The first kappa shape index (κ1) is 5.58. The maximum absolute atomic E-state index is 5.04. The molecule has 0 aromatic carbocycles. The summed E-state index contributed by atoms with van der Waals surface area (Å²) >= 11 is 0. The molecule has 0 amide bonds. The van der Waals surface area contributed by atoms with Crippen molar-refractivity contribution in [2.45, 2.75) is 25.4 Å². The lowest BCUT2D eigenvalue weighted by molar-refractivity contribution is 0.715. The molecule has 8 heavy (non-hydrogen) atoms. The summed E-state index contributed by atoms with van der Waals surface area (Å²) < 4.78 is 0. The summed E-state index contributed by atoms with van der Waals surface area (Å²) in [7, 11) is 0. The zero-order chi connectivity index (χ0) is 5.98. The second-order valence-electron chi connectivity index (χ2n) is 2.12. The fraction of sp³-hybridized carbons (Fsp3) is 0.833. The highest BCUT2D eigenvalue weighted by Crippen LogP contribution is 2.24. The molecule has 1 fully saturated rings. The molecule has 1 aliphatic carbocycles. The van der Waals surface area contributed by atoms with Crippen molar-refractivity contribution >= 4 is 0 Å². The van der Waals surface area contributed by atoms with E-state index in [4.69, 9.17) is 6.57 Å². The predicted molar refractivity (Wildman–Crippen MR) is 34.2 cm³/mol. The van der Waals surface area contributed by atoms with Gasteiger partial charge >= 0.3 is 0 Å². The summed E-state index contributed by atoms with van der Waals surface area (Å²) in [4.78, 5) is 3.64. The molecule has 0 heterocycles. The number of rotatable bonds is 2. The second-order valence-corrected chi connectivity index (χ2v) is 2.12. The van der Waals surface area contributed by atoms with Crippen molar-refractivity contribution in [1.29, 1.82) is 0 Å². The fourth-order valence-corrected chi connectivity index (χ4v) is 0.828. The van der Waals surface area contributed by atoms with E-state index in [0.717, 1.165) is 13.0 Å². The van der Waals surface area contributed by atoms with E-state index >= 15 is 0 Å². The van der Waals surface area contributed by atoms with Crippen LogP contribution in [-0.2, 0) is 0 Å². The topological polar surface area (TPSA) is 16.4 Å². The van der Waals surface area contributed by atoms with Crippen molar-refractivity contribution in [3.05, 3.63) is 4.85 Å². The molecular formula is C6H11N2+. The van der Waals surface area contributed by atoms with Gasteiger partial charge in [0.1, 0.15) is 0 Å². The summed E-state index contributed by atoms with van der Waals surface area (Å²) in [5, 5.41) is 3.25. The van der Waals surface area contributed by atoms with Crippen molar-refractivity contribution in [1.82, 2.24) is 5.32 Å². The first-order valence-electron chi connectivity index (χ1n) is 3.02. The Balaban J connectivity index is 2.10. The van der Waals surface area contributed by atoms with Gasteiger partial charge in [-0.2, -0.15) is 0 Å². The monoisotopic (exact) mass is 111 g/mol. The number of hydrogen-bond donors (Lipinski definition) is 1. The van der Waals surface area contributed by atoms with Gasteiger partial charge in [0.2, 0.25) is 0 Å². The lowest BCUT2D eigenvalue weighted by Crippen LogP contribution is -2.17. The summed E-state index contributed by atoms with van der Waals surface area (Å²) in [6.07, 6.45) is 1.13. The van der Waals surface area contributed by atoms with Crippen molar-refractivity contribution in [2.75, 3.05) is 6.54 Å². The van der Waals surface area contributed by atoms with Gasteiger partial charge < -0.3 is 5.32 Å². The Morgan fingerprint density at radius 2 is 2.62 bits per heavy atom. The van der Waals surface area contributed by atoms with Crippen molar-refractivity contribution < 1.29 is 0 Å². The van der Waals surface area contributed by atoms with Crippen LogP contribution in [0.25, 0.3) is 4.85 Å². The molecule has 0 spiro atoms. The van der Waals surface area contributed by atoms with Crippen LogP contribution < -0.4 is 5.32 Å². The molecule has 0 aromatic rings. The van der Waals surface area contributed by atoms with Gasteiger partial charge in [0.15, 0.2) is 0 Å². The van der Waals surface area contributed by atoms with Crippen LogP contribution in [0.15, 0.2) is 0 Å². The number of likely N-dealkylation sites (N-methyl/N-ethyl adjacent to an activating group) is 1. The second kappa shape index (κ2) is 2.15. The zero-order valence-electron chi connectivity index (χ0n) is 5.09. The molecule has 1 N–H and O–H groups in total. The average molecular weight is 111 g/mol. The van der Waals surface area contributed by atoms with Gasteiger partial charge in [0.05, 0.1) is 12.5 Å². The van der Waals surface area contributed by atoms with E-state index in [1.807, 2.05) is 0 Å². The smallest absolute Gasteiger partial charge is 0.289 e. The van der Waals surface area contributed by atoms with Crippen LogP contribution in [0.3, 0.4) is 0 Å². The van der Waals surface area contributed by atoms with E-state index < -0.39 is 0 Å². The van der Waals surface area contributed by atoms with Crippen molar-refractivity contribution in [3.8, 4) is 6.57 Å². The van der Waals surface area contributed by atoms with Gasteiger partial charge in [-0.05, 0) is 6.54 Å². The Labute approximate surface area is 49.7 Å². The minimum Gasteiger partial charge on any atom is -0.307 e. The fourth-order valence-electron chi connectivity index (χ4n) is 0.828. The molecule has 44 valence electrons. The molecular weight excluding hydrogens is 100 g/mol. The quantitative estimate of drug-likeness (QED) is 0.555. The Hall–Kier alpha value is -0.550. The van der Waals surface area contributed by atoms with Crippen LogP contribution in [0.4, 0.5) is 0 Å². The van der Waals surface area contributed by atoms with E-state index in [0.29, 0.717) is 12.1 Å². The van der Waals surface area contributed by atoms with Gasteiger partial charge in [0, 0.05) is 0 Å². The van der Waals surface area contributed by atoms with Gasteiger partial charge in [-0.25, -0.2) is 0 Å². The molecule has 2 atom stereocenters. The first-order valence-corrected chi connectivity index (χ1v) is 3.02. The third kappa shape index (κ3) is 0.988. The zero-order valence-corrected chi connectivity index (χ0v) is 5.09. The summed E-state index contributed by atoms with van der Waals surface area (Å²) in [5.74, 6) is 0. The van der Waals surface area contributed by atoms with Crippen LogP contribution >= 0.6 is 0 Å². The molecule has 1 saturated carbocycles. The molecule has 0 bridgehead atoms. The standard InChI is InChI=1S/C6H11N2/c1-3-8-6-4-5(6)7-2/h2,5-6,8H,3-4H2,1H3/q+1. The molecule has 1 rings (SSSR count). The molecule has 0 aromatic heterocycles. The summed E-state index contributed by atoms with van der Waals surface area (Å²) in [6.45, 7) is 8.15. The largest absolute Gasteiger partial charge is 0.307 e. The summed E-state index contributed by atoms with van der Waals surface area (Å²) in [5.41, 5.74) is 0. The lowest BCUT2D eigenvalue weighted by atomic mass is 10.6. The van der Waals surface area contributed by atoms with E-state index in [9.17, 15) is 0 Å². The van der Waals surface area contributed by atoms with Crippen LogP contribution in [0.2, 0.25) is 0 Å². The molecule has 0 aliphatic heterocycles. The van der Waals surface area contributed by atoms with Gasteiger partial charge in [0.25, 0.3) is 12.6 Å². The Morgan fingerprint density at radius 3 is 3.00 bits per heavy atom. The number of nitrogens with zero attached hydrogens (tertiary/aromatic N) is 1. The summed E-state index contributed by atoms with van der Waals surface area (Å²) in [6, 6.07) is 1.000. The van der Waals surface area contributed by atoms with Crippen LogP contribution in [0.1, 0.15) is 13.3 Å². The van der Waals surface area contributed by atoms with E-state index in [-0.39, 0.29) is 0 Å². The average Bonchev–Trinajstić information content (AvgIpc) is 2.48.